The molecule has 3 aliphatic heterocycles. The second kappa shape index (κ2) is 8.10. The summed E-state index contributed by atoms with van der Waals surface area (Å²) in [5.41, 5.74) is -0.00649. The number of carbonyl (C=O) groups is 3. The molecule has 4 N–H and O–H groups in total. The van der Waals surface area contributed by atoms with Gasteiger partial charge in [-0.15, -0.1) is 0 Å². The van der Waals surface area contributed by atoms with Crippen molar-refractivity contribution in [2.75, 3.05) is 5.32 Å². The van der Waals surface area contributed by atoms with Crippen molar-refractivity contribution in [2.24, 2.45) is 11.8 Å². The zero-order chi connectivity index (χ0) is 26.1. The van der Waals surface area contributed by atoms with Crippen LogP contribution in [0.3, 0.4) is 0 Å². The van der Waals surface area contributed by atoms with Crippen LogP contribution in [0.4, 0.5) is 14.5 Å². The van der Waals surface area contributed by atoms with Gasteiger partial charge in [0.05, 0.1) is 18.4 Å². The van der Waals surface area contributed by atoms with Gasteiger partial charge in [0.1, 0.15) is 17.2 Å². The number of halogens is 2. The van der Waals surface area contributed by atoms with Gasteiger partial charge in [-0.1, -0.05) is 18.2 Å². The Labute approximate surface area is 209 Å². The van der Waals surface area contributed by atoms with Gasteiger partial charge >= 0.3 is 0 Å². The standard InChI is InChI=1S/C27H21F2N3O5/c28-15-4-1-13(2-5-15)12-32-24(35)22-19(9-14-3-8-20(33)21(34)10-14)31-27(23(22)25(32)36)17-11-16(29)6-7-18(17)30-26(27)37/h1-8,10-11,19,22-23,31,33-34H,9,12H2,(H,30,37)/t19-,22-,23+,27+/m1/s1. The van der Waals surface area contributed by atoms with Gasteiger partial charge in [0.15, 0.2) is 11.5 Å². The number of nitrogens with one attached hydrogen (secondary N) is 2. The highest BCUT2D eigenvalue weighted by molar-refractivity contribution is 6.15. The third-order valence-electron chi connectivity index (χ3n) is 7.52. The zero-order valence-electron chi connectivity index (χ0n) is 19.2. The fraction of sp³-hybridized carbons (Fsp3) is 0.222. The molecule has 0 bridgehead atoms. The lowest BCUT2D eigenvalue weighted by atomic mass is 9.76. The molecule has 0 radical (unpaired) electrons. The molecule has 0 aliphatic carbocycles. The quantitative estimate of drug-likeness (QED) is 0.320. The summed E-state index contributed by atoms with van der Waals surface area (Å²) in [5, 5.41) is 25.5. The Bertz CT molecular complexity index is 1480. The van der Waals surface area contributed by atoms with Crippen LogP contribution in [0.1, 0.15) is 16.7 Å². The first-order valence-corrected chi connectivity index (χ1v) is 11.7. The summed E-state index contributed by atoms with van der Waals surface area (Å²) in [6.45, 7) is -0.106. The lowest BCUT2D eigenvalue weighted by Crippen LogP contribution is -2.53. The molecule has 4 atom stereocenters. The number of benzene rings is 3. The smallest absolute Gasteiger partial charge is 0.250 e. The molecular weight excluding hydrogens is 484 g/mol. The largest absolute Gasteiger partial charge is 0.504 e. The van der Waals surface area contributed by atoms with Crippen LogP contribution in [0.25, 0.3) is 0 Å². The molecule has 3 amide bonds. The van der Waals surface area contributed by atoms with Crippen LogP contribution in [-0.2, 0) is 32.9 Å². The Hall–Kier alpha value is -4.31. The third kappa shape index (κ3) is 3.40. The van der Waals surface area contributed by atoms with E-state index < -0.39 is 52.8 Å². The van der Waals surface area contributed by atoms with E-state index in [0.717, 1.165) is 4.90 Å². The molecule has 188 valence electrons. The summed E-state index contributed by atoms with van der Waals surface area (Å²) in [7, 11) is 0. The summed E-state index contributed by atoms with van der Waals surface area (Å²) in [4.78, 5) is 42.1. The molecular formula is C27H21F2N3O5. The van der Waals surface area contributed by atoms with Crippen molar-refractivity contribution < 1.29 is 33.4 Å². The highest BCUT2D eigenvalue weighted by atomic mass is 19.1. The van der Waals surface area contributed by atoms with Gasteiger partial charge in [-0.2, -0.15) is 0 Å². The van der Waals surface area contributed by atoms with Gasteiger partial charge < -0.3 is 15.5 Å². The highest BCUT2D eigenvalue weighted by Crippen LogP contribution is 2.53. The monoisotopic (exact) mass is 505 g/mol. The molecule has 37 heavy (non-hydrogen) atoms. The van der Waals surface area contributed by atoms with Gasteiger partial charge in [0, 0.05) is 17.3 Å². The number of carbonyl (C=O) groups excluding carboxylic acids is 3. The second-order valence-corrected chi connectivity index (χ2v) is 9.62. The molecule has 3 aromatic rings. The fourth-order valence-electron chi connectivity index (χ4n) is 5.89. The molecule has 0 aromatic heterocycles. The van der Waals surface area contributed by atoms with Gasteiger partial charge in [0.25, 0.3) is 0 Å². The van der Waals surface area contributed by atoms with Crippen LogP contribution in [0.15, 0.2) is 60.7 Å². The van der Waals surface area contributed by atoms with Gasteiger partial charge in [0.2, 0.25) is 17.7 Å². The molecule has 2 saturated heterocycles. The number of aromatic hydroxyl groups is 2. The van der Waals surface area contributed by atoms with E-state index in [9.17, 15) is 33.4 Å². The minimum absolute atomic E-state index is 0.106. The summed E-state index contributed by atoms with van der Waals surface area (Å²) in [6, 6.07) is 12.7. The number of hydrogen-bond donors (Lipinski definition) is 4. The molecule has 0 unspecified atom stereocenters. The Kier molecular flexibility index (Phi) is 5.06. The summed E-state index contributed by atoms with van der Waals surface area (Å²) >= 11 is 0. The van der Waals surface area contributed by atoms with E-state index in [1.165, 1.54) is 54.6 Å². The average Bonchev–Trinajstić information content (AvgIpc) is 3.43. The third-order valence-corrected chi connectivity index (χ3v) is 7.52. The van der Waals surface area contributed by atoms with E-state index in [0.29, 0.717) is 16.8 Å². The molecule has 0 saturated carbocycles. The first-order chi connectivity index (χ1) is 17.7. The SMILES string of the molecule is O=C1[C@H]2[C@@H](C(=O)N1Cc1ccc(F)cc1)[C@]1(N[C@@H]2Cc2ccc(O)c(O)c2)C(=O)Nc2ccc(F)cc21. The topological polar surface area (TPSA) is 119 Å². The number of imide groups is 1. The maximum atomic E-state index is 14.4. The van der Waals surface area contributed by atoms with Crippen LogP contribution in [0, 0.1) is 23.5 Å². The predicted molar refractivity (Wildman–Crippen MR) is 126 cm³/mol. The van der Waals surface area contributed by atoms with E-state index in [1.807, 2.05) is 0 Å². The molecule has 3 heterocycles. The number of nitrogens with zero attached hydrogens (tertiary/aromatic N) is 1. The maximum Gasteiger partial charge on any atom is 0.250 e. The van der Waals surface area contributed by atoms with Crippen molar-refractivity contribution in [2.45, 2.75) is 24.5 Å². The lowest BCUT2D eigenvalue weighted by molar-refractivity contribution is -0.143. The average molecular weight is 505 g/mol. The molecule has 3 aromatic carbocycles. The first kappa shape index (κ1) is 23.1. The van der Waals surface area contributed by atoms with Gasteiger partial charge in [-0.05, 0) is 60.0 Å². The normalized spacial score (nSPS) is 26.1. The number of phenols is 2. The summed E-state index contributed by atoms with van der Waals surface area (Å²) < 4.78 is 27.8. The number of rotatable bonds is 4. The molecule has 2 fully saturated rings. The predicted octanol–water partition coefficient (Wildman–Crippen LogP) is 2.54. The van der Waals surface area contributed by atoms with E-state index in [4.69, 9.17) is 0 Å². The molecule has 10 heteroatoms. The number of likely N-dealkylation sites (tertiary alicyclic amines) is 1. The lowest BCUT2D eigenvalue weighted by Gasteiger charge is -2.29. The molecule has 6 rings (SSSR count). The zero-order valence-corrected chi connectivity index (χ0v) is 19.2. The van der Waals surface area contributed by atoms with Crippen LogP contribution < -0.4 is 10.6 Å². The van der Waals surface area contributed by atoms with Crippen LogP contribution in [0.5, 0.6) is 11.5 Å². The maximum absolute atomic E-state index is 14.4. The van der Waals surface area contributed by atoms with Crippen LogP contribution >= 0.6 is 0 Å². The molecule has 8 nitrogen and oxygen atoms in total. The number of fused-ring (bicyclic) bond motifs is 4. The minimum atomic E-state index is -1.68. The van der Waals surface area contributed by atoms with Crippen molar-refractivity contribution in [1.82, 2.24) is 10.2 Å². The number of amides is 3. The summed E-state index contributed by atoms with van der Waals surface area (Å²) in [5.74, 6) is -5.49. The number of anilines is 1. The number of hydrogen-bond acceptors (Lipinski definition) is 6. The fourth-order valence-corrected chi connectivity index (χ4v) is 5.89. The highest BCUT2D eigenvalue weighted by Gasteiger charge is 2.70. The molecule has 1 spiro atoms. The Morgan fingerprint density at radius 3 is 2.27 bits per heavy atom. The Morgan fingerprint density at radius 1 is 0.838 bits per heavy atom. The van der Waals surface area contributed by atoms with Crippen LogP contribution in [0.2, 0.25) is 0 Å². The van der Waals surface area contributed by atoms with E-state index >= 15 is 0 Å². The van der Waals surface area contributed by atoms with Crippen molar-refractivity contribution in [3.8, 4) is 11.5 Å². The molecule has 3 aliphatic rings. The minimum Gasteiger partial charge on any atom is -0.504 e. The Morgan fingerprint density at radius 2 is 1.54 bits per heavy atom. The van der Waals surface area contributed by atoms with Gasteiger partial charge in [-0.3, -0.25) is 24.6 Å². The van der Waals surface area contributed by atoms with Crippen molar-refractivity contribution in [1.29, 1.82) is 0 Å². The second-order valence-electron chi connectivity index (χ2n) is 9.62. The summed E-state index contributed by atoms with van der Waals surface area (Å²) in [6.07, 6.45) is 0.137. The van der Waals surface area contributed by atoms with Crippen molar-refractivity contribution in [3.05, 3.63) is 89.0 Å². The van der Waals surface area contributed by atoms with Crippen molar-refractivity contribution >= 4 is 23.4 Å². The van der Waals surface area contributed by atoms with Gasteiger partial charge in [-0.25, -0.2) is 8.78 Å². The van der Waals surface area contributed by atoms with Crippen molar-refractivity contribution in [3.63, 3.8) is 0 Å². The van der Waals surface area contributed by atoms with E-state index in [1.54, 1.807) is 6.07 Å². The Balaban J connectivity index is 1.44. The number of phenolic OH excluding ortho intramolecular Hbond substituents is 2. The van der Waals surface area contributed by atoms with Crippen LogP contribution in [-0.4, -0.2) is 38.9 Å². The van der Waals surface area contributed by atoms with E-state index in [2.05, 4.69) is 10.6 Å². The van der Waals surface area contributed by atoms with E-state index in [-0.39, 0.29) is 30.0 Å². The first-order valence-electron chi connectivity index (χ1n) is 11.7.